The number of amides is 1. The van der Waals surface area contributed by atoms with E-state index in [1.54, 1.807) is 0 Å². The number of halogens is 1. The summed E-state index contributed by atoms with van der Waals surface area (Å²) < 4.78 is 26.3. The summed E-state index contributed by atoms with van der Waals surface area (Å²) >= 11 is 0. The normalized spacial score (nSPS) is 17.2. The highest BCUT2D eigenvalue weighted by molar-refractivity contribution is 7.89. The summed E-state index contributed by atoms with van der Waals surface area (Å²) in [5.41, 5.74) is 0.473. The third-order valence-corrected chi connectivity index (χ3v) is 6.38. The molecule has 1 aliphatic rings. The molecule has 0 radical (unpaired) electrons. The average Bonchev–Trinajstić information content (AvgIpc) is 2.62. The summed E-state index contributed by atoms with van der Waals surface area (Å²) in [5, 5.41) is 6.22. The minimum Gasteiger partial charge on any atom is -0.352 e. The molecule has 1 aromatic carbocycles. The zero-order valence-corrected chi connectivity index (χ0v) is 17.4. The molecule has 1 fully saturated rings. The van der Waals surface area contributed by atoms with Gasteiger partial charge >= 0.3 is 0 Å². The minimum absolute atomic E-state index is 0. The molecule has 0 saturated carbocycles. The largest absolute Gasteiger partial charge is 0.352 e. The molecule has 1 amide bonds. The van der Waals surface area contributed by atoms with Crippen molar-refractivity contribution in [2.75, 3.05) is 26.7 Å². The van der Waals surface area contributed by atoms with Crippen LogP contribution < -0.4 is 10.6 Å². The van der Waals surface area contributed by atoms with Crippen molar-refractivity contribution < 1.29 is 18.0 Å². The Morgan fingerprint density at radius 3 is 2.48 bits per heavy atom. The monoisotopic (exact) mass is 417 g/mol. The Labute approximate surface area is 167 Å². The van der Waals surface area contributed by atoms with Crippen molar-refractivity contribution in [1.29, 1.82) is 0 Å². The number of carbonyl (C=O) groups is 2. The second-order valence-corrected chi connectivity index (χ2v) is 8.67. The summed E-state index contributed by atoms with van der Waals surface area (Å²) in [7, 11) is -2.13. The van der Waals surface area contributed by atoms with Gasteiger partial charge in [0.1, 0.15) is 0 Å². The van der Waals surface area contributed by atoms with E-state index in [2.05, 4.69) is 10.6 Å². The number of hydrogen-bond donors (Lipinski definition) is 2. The lowest BCUT2D eigenvalue weighted by atomic mass is 10.1. The van der Waals surface area contributed by atoms with Gasteiger partial charge in [-0.25, -0.2) is 12.7 Å². The first-order chi connectivity index (χ1) is 12.3. The topological polar surface area (TPSA) is 95.6 Å². The first-order valence-electron chi connectivity index (χ1n) is 8.88. The molecule has 0 aliphatic carbocycles. The van der Waals surface area contributed by atoms with Crippen molar-refractivity contribution in [3.63, 3.8) is 0 Å². The lowest BCUT2D eigenvalue weighted by Gasteiger charge is -2.24. The van der Waals surface area contributed by atoms with Gasteiger partial charge in [-0.2, -0.15) is 0 Å². The van der Waals surface area contributed by atoms with Gasteiger partial charge in [0.15, 0.2) is 5.78 Å². The quantitative estimate of drug-likeness (QED) is 0.626. The van der Waals surface area contributed by atoms with Crippen LogP contribution >= 0.6 is 12.4 Å². The number of sulfonamides is 1. The van der Waals surface area contributed by atoms with E-state index in [1.165, 1.54) is 42.5 Å². The van der Waals surface area contributed by atoms with Crippen LogP contribution in [-0.4, -0.2) is 57.1 Å². The van der Waals surface area contributed by atoms with Crippen LogP contribution in [0.4, 0.5) is 0 Å². The number of nitrogens with zero attached hydrogens (tertiary/aromatic N) is 1. The third kappa shape index (κ3) is 6.88. The molecule has 1 atom stereocenters. The lowest BCUT2D eigenvalue weighted by molar-refractivity contribution is -0.122. The van der Waals surface area contributed by atoms with E-state index in [0.29, 0.717) is 18.4 Å². The van der Waals surface area contributed by atoms with Gasteiger partial charge < -0.3 is 10.6 Å². The Kier molecular flexibility index (Phi) is 9.38. The molecular formula is C18H28ClN3O4S. The fourth-order valence-corrected chi connectivity index (χ4v) is 4.11. The second kappa shape index (κ2) is 10.8. The molecular weight excluding hydrogens is 390 g/mol. The molecule has 1 heterocycles. The Morgan fingerprint density at radius 1 is 1.26 bits per heavy atom. The number of benzene rings is 1. The number of piperidine rings is 1. The van der Waals surface area contributed by atoms with E-state index in [0.717, 1.165) is 25.9 Å². The van der Waals surface area contributed by atoms with Crippen LogP contribution in [0.3, 0.4) is 0 Å². The van der Waals surface area contributed by atoms with Gasteiger partial charge in [0.25, 0.3) is 0 Å². The number of carbonyl (C=O) groups excluding carboxylic acids is 2. The predicted octanol–water partition coefficient (Wildman–Crippen LogP) is 1.58. The number of ketones is 1. The maximum atomic E-state index is 12.5. The van der Waals surface area contributed by atoms with Gasteiger partial charge in [-0.15, -0.1) is 12.4 Å². The zero-order valence-electron chi connectivity index (χ0n) is 15.7. The third-order valence-electron chi connectivity index (χ3n) is 4.51. The smallest absolute Gasteiger partial charge is 0.242 e. The first-order valence-corrected chi connectivity index (χ1v) is 10.3. The standard InChI is InChI=1S/C18H27N3O4S.ClH/c1-14(22)15-7-9-17(10-8-15)26(24,25)21(2)12-4-6-18(23)20-16-5-3-11-19-13-16;/h7-10,16,19H,3-6,11-13H2,1-2H3,(H,20,23);1H. The Balaban J connectivity index is 0.00000364. The molecule has 2 rings (SSSR count). The Hall–Kier alpha value is -1.48. The number of rotatable bonds is 8. The predicted molar refractivity (Wildman–Crippen MR) is 107 cm³/mol. The van der Waals surface area contributed by atoms with Crippen molar-refractivity contribution in [2.45, 2.75) is 43.5 Å². The molecule has 1 aromatic rings. The highest BCUT2D eigenvalue weighted by Crippen LogP contribution is 2.16. The van der Waals surface area contributed by atoms with Crippen LogP contribution in [0.1, 0.15) is 43.0 Å². The van der Waals surface area contributed by atoms with Crippen molar-refractivity contribution in [3.05, 3.63) is 29.8 Å². The highest BCUT2D eigenvalue weighted by Gasteiger charge is 2.21. The highest BCUT2D eigenvalue weighted by atomic mass is 35.5. The molecule has 2 N–H and O–H groups in total. The minimum atomic E-state index is -3.63. The van der Waals surface area contributed by atoms with E-state index in [9.17, 15) is 18.0 Å². The van der Waals surface area contributed by atoms with Crippen molar-refractivity contribution in [1.82, 2.24) is 14.9 Å². The summed E-state index contributed by atoms with van der Waals surface area (Å²) in [6, 6.07) is 6.05. The van der Waals surface area contributed by atoms with Crippen LogP contribution in [0.15, 0.2) is 29.2 Å². The fourth-order valence-electron chi connectivity index (χ4n) is 2.90. The van der Waals surface area contributed by atoms with E-state index in [4.69, 9.17) is 0 Å². The molecule has 9 heteroatoms. The van der Waals surface area contributed by atoms with Gasteiger partial charge in [0.05, 0.1) is 4.90 Å². The SMILES string of the molecule is CC(=O)c1ccc(S(=O)(=O)N(C)CCCC(=O)NC2CCCNC2)cc1.Cl. The lowest BCUT2D eigenvalue weighted by Crippen LogP contribution is -2.45. The van der Waals surface area contributed by atoms with E-state index in [1.807, 2.05) is 0 Å². The molecule has 1 aliphatic heterocycles. The molecule has 1 unspecified atom stereocenters. The van der Waals surface area contributed by atoms with E-state index in [-0.39, 0.29) is 41.6 Å². The van der Waals surface area contributed by atoms with Crippen molar-refractivity contribution in [3.8, 4) is 0 Å². The fraction of sp³-hybridized carbons (Fsp3) is 0.556. The van der Waals surface area contributed by atoms with Crippen molar-refractivity contribution in [2.24, 2.45) is 0 Å². The van der Waals surface area contributed by atoms with Crippen LogP contribution in [0.5, 0.6) is 0 Å². The second-order valence-electron chi connectivity index (χ2n) is 6.62. The van der Waals surface area contributed by atoms with Crippen LogP contribution in [-0.2, 0) is 14.8 Å². The van der Waals surface area contributed by atoms with Gasteiger partial charge in [-0.05, 0) is 44.9 Å². The first kappa shape index (κ1) is 23.6. The molecule has 152 valence electrons. The van der Waals surface area contributed by atoms with Gasteiger partial charge in [0, 0.05) is 38.2 Å². The number of hydrogen-bond acceptors (Lipinski definition) is 5. The Bertz CT molecular complexity index is 731. The Morgan fingerprint density at radius 2 is 1.93 bits per heavy atom. The van der Waals surface area contributed by atoms with E-state index < -0.39 is 10.0 Å². The summed E-state index contributed by atoms with van der Waals surface area (Å²) in [5.74, 6) is -0.156. The number of nitrogens with one attached hydrogen (secondary N) is 2. The summed E-state index contributed by atoms with van der Waals surface area (Å²) in [4.78, 5) is 23.4. The zero-order chi connectivity index (χ0) is 19.2. The maximum absolute atomic E-state index is 12.5. The van der Waals surface area contributed by atoms with E-state index >= 15 is 0 Å². The summed E-state index contributed by atoms with van der Waals surface area (Å²) in [6.07, 6.45) is 2.77. The van der Waals surface area contributed by atoms with Crippen molar-refractivity contribution >= 4 is 34.1 Å². The van der Waals surface area contributed by atoms with Crippen LogP contribution in [0.2, 0.25) is 0 Å². The van der Waals surface area contributed by atoms with Gasteiger partial charge in [-0.1, -0.05) is 12.1 Å². The molecule has 27 heavy (non-hydrogen) atoms. The molecule has 1 saturated heterocycles. The maximum Gasteiger partial charge on any atom is 0.242 e. The molecule has 0 bridgehead atoms. The average molecular weight is 418 g/mol. The van der Waals surface area contributed by atoms with Gasteiger partial charge in [0.2, 0.25) is 15.9 Å². The van der Waals surface area contributed by atoms with Crippen LogP contribution in [0.25, 0.3) is 0 Å². The summed E-state index contributed by atoms with van der Waals surface area (Å²) in [6.45, 7) is 3.47. The molecule has 7 nitrogen and oxygen atoms in total. The number of Topliss-reactive ketones (excluding diaryl/α,β-unsaturated/α-hetero) is 1. The van der Waals surface area contributed by atoms with Crippen LogP contribution in [0, 0.1) is 0 Å². The molecule has 0 spiro atoms. The molecule has 0 aromatic heterocycles. The van der Waals surface area contributed by atoms with Gasteiger partial charge in [-0.3, -0.25) is 9.59 Å².